The van der Waals surface area contributed by atoms with Crippen LogP contribution in [-0.2, 0) is 9.47 Å². The molecule has 0 bridgehead atoms. The molecule has 2 saturated heterocycles. The Balaban J connectivity index is 2.04. The summed E-state index contributed by atoms with van der Waals surface area (Å²) in [4.78, 5) is 10.5. The molecule has 0 radical (unpaired) electrons. The van der Waals surface area contributed by atoms with E-state index >= 15 is 0 Å². The smallest absolute Gasteiger partial charge is 0.426 e. The first-order chi connectivity index (χ1) is 4.86. The van der Waals surface area contributed by atoms with Crippen molar-refractivity contribution in [2.24, 2.45) is 0 Å². The van der Waals surface area contributed by atoms with Gasteiger partial charge in [0.2, 0.25) is 0 Å². The van der Waals surface area contributed by atoms with E-state index in [1.807, 2.05) is 0 Å². The van der Waals surface area contributed by atoms with Gasteiger partial charge in [0.1, 0.15) is 0 Å². The van der Waals surface area contributed by atoms with Crippen molar-refractivity contribution in [3.8, 4) is 0 Å². The van der Waals surface area contributed by atoms with Gasteiger partial charge in [-0.3, -0.25) is 0 Å². The molecule has 0 amide bonds. The standard InChI is InChI=1S/C5H6O3S2/c6-5-7-3-1-9-10-2-4(3)8-5/h3-4H,1-2H2/t3-,4-/m0/s1. The minimum atomic E-state index is -0.502. The van der Waals surface area contributed by atoms with Gasteiger partial charge in [0, 0.05) is 11.5 Å². The monoisotopic (exact) mass is 178 g/mol. The van der Waals surface area contributed by atoms with E-state index in [9.17, 15) is 4.79 Å². The maximum Gasteiger partial charge on any atom is 0.509 e. The molecule has 2 aliphatic rings. The van der Waals surface area contributed by atoms with Crippen LogP contribution >= 0.6 is 21.6 Å². The van der Waals surface area contributed by atoms with Crippen LogP contribution < -0.4 is 0 Å². The fourth-order valence-corrected chi connectivity index (χ4v) is 3.35. The van der Waals surface area contributed by atoms with Crippen LogP contribution in [0, 0.1) is 0 Å². The molecular weight excluding hydrogens is 172 g/mol. The Kier molecular flexibility index (Phi) is 1.69. The van der Waals surface area contributed by atoms with Gasteiger partial charge in [-0.25, -0.2) is 4.79 Å². The van der Waals surface area contributed by atoms with E-state index in [4.69, 9.17) is 9.47 Å². The summed E-state index contributed by atoms with van der Waals surface area (Å²) in [6.45, 7) is 0. The number of rotatable bonds is 0. The molecule has 0 spiro atoms. The van der Waals surface area contributed by atoms with Gasteiger partial charge >= 0.3 is 6.16 Å². The highest BCUT2D eigenvalue weighted by Crippen LogP contribution is 2.35. The minimum Gasteiger partial charge on any atom is -0.426 e. The molecule has 0 saturated carbocycles. The van der Waals surface area contributed by atoms with Gasteiger partial charge in [-0.2, -0.15) is 0 Å². The fraction of sp³-hybridized carbons (Fsp3) is 0.800. The summed E-state index contributed by atoms with van der Waals surface area (Å²) < 4.78 is 9.74. The van der Waals surface area contributed by atoms with E-state index in [1.54, 1.807) is 21.6 Å². The Morgan fingerprint density at radius 1 is 1.20 bits per heavy atom. The zero-order valence-electron chi connectivity index (χ0n) is 5.11. The van der Waals surface area contributed by atoms with Gasteiger partial charge in [-0.05, 0) is 0 Å². The van der Waals surface area contributed by atoms with E-state index in [0.29, 0.717) is 0 Å². The van der Waals surface area contributed by atoms with E-state index in [2.05, 4.69) is 0 Å². The number of ether oxygens (including phenoxy) is 2. The van der Waals surface area contributed by atoms with Crippen LogP contribution in [0.25, 0.3) is 0 Å². The highest BCUT2D eigenvalue weighted by Gasteiger charge is 2.38. The lowest BCUT2D eigenvalue weighted by Crippen LogP contribution is -2.29. The summed E-state index contributed by atoms with van der Waals surface area (Å²) in [6, 6.07) is 0. The van der Waals surface area contributed by atoms with Gasteiger partial charge in [0.25, 0.3) is 0 Å². The zero-order chi connectivity index (χ0) is 6.97. The fourth-order valence-electron chi connectivity index (χ4n) is 0.940. The maximum atomic E-state index is 10.5. The molecule has 0 unspecified atom stereocenters. The third-order valence-corrected chi connectivity index (χ3v) is 3.87. The topological polar surface area (TPSA) is 35.5 Å². The number of carbonyl (C=O) groups excluding carboxylic acids is 1. The lowest BCUT2D eigenvalue weighted by Gasteiger charge is -2.18. The summed E-state index contributed by atoms with van der Waals surface area (Å²) in [6.07, 6.45) is -0.476. The van der Waals surface area contributed by atoms with Crippen molar-refractivity contribution < 1.29 is 14.3 Å². The summed E-state index contributed by atoms with van der Waals surface area (Å²) in [7, 11) is 3.47. The molecule has 0 aromatic carbocycles. The predicted octanol–water partition coefficient (Wildman–Crippen LogP) is 1.29. The van der Waals surface area contributed by atoms with Gasteiger partial charge in [-0.1, -0.05) is 21.6 Å². The first-order valence-electron chi connectivity index (χ1n) is 2.98. The minimum absolute atomic E-state index is 0.0127. The average Bonchev–Trinajstić information content (AvgIpc) is 2.27. The average molecular weight is 178 g/mol. The lowest BCUT2D eigenvalue weighted by atomic mass is 10.3. The SMILES string of the molecule is O=C1O[C@H]2CSSC[C@@H]2O1. The summed E-state index contributed by atoms with van der Waals surface area (Å²) >= 11 is 0. The van der Waals surface area contributed by atoms with Gasteiger partial charge < -0.3 is 9.47 Å². The van der Waals surface area contributed by atoms with Crippen molar-refractivity contribution in [2.45, 2.75) is 12.2 Å². The van der Waals surface area contributed by atoms with Crippen molar-refractivity contribution >= 4 is 27.7 Å². The lowest BCUT2D eigenvalue weighted by molar-refractivity contribution is 0.119. The summed E-state index contributed by atoms with van der Waals surface area (Å²) in [5.74, 6) is 1.72. The van der Waals surface area contributed by atoms with E-state index in [-0.39, 0.29) is 12.2 Å². The van der Waals surface area contributed by atoms with Crippen LogP contribution in [0.5, 0.6) is 0 Å². The Hall–Kier alpha value is -0.0300. The molecule has 3 nitrogen and oxygen atoms in total. The molecule has 2 atom stereocenters. The normalized spacial score (nSPS) is 38.2. The predicted molar refractivity (Wildman–Crippen MR) is 40.1 cm³/mol. The van der Waals surface area contributed by atoms with Crippen LogP contribution in [0.2, 0.25) is 0 Å². The summed E-state index contributed by atoms with van der Waals surface area (Å²) in [5.41, 5.74) is 0. The van der Waals surface area contributed by atoms with Gasteiger partial charge in [0.05, 0.1) is 0 Å². The Bertz CT molecular complexity index is 145. The van der Waals surface area contributed by atoms with E-state index < -0.39 is 6.16 Å². The van der Waals surface area contributed by atoms with Crippen molar-refractivity contribution in [1.82, 2.24) is 0 Å². The van der Waals surface area contributed by atoms with Gasteiger partial charge in [0.15, 0.2) is 12.2 Å². The highest BCUT2D eigenvalue weighted by molar-refractivity contribution is 8.76. The molecule has 2 aliphatic heterocycles. The molecular formula is C5H6O3S2. The largest absolute Gasteiger partial charge is 0.509 e. The first kappa shape index (κ1) is 6.67. The molecule has 56 valence electrons. The third kappa shape index (κ3) is 1.08. The van der Waals surface area contributed by atoms with Crippen molar-refractivity contribution in [3.05, 3.63) is 0 Å². The second kappa shape index (κ2) is 2.54. The van der Waals surface area contributed by atoms with Crippen molar-refractivity contribution in [1.29, 1.82) is 0 Å². The molecule has 5 heteroatoms. The molecule has 10 heavy (non-hydrogen) atoms. The number of carbonyl (C=O) groups is 1. The van der Waals surface area contributed by atoms with Gasteiger partial charge in [-0.15, -0.1) is 0 Å². The highest BCUT2D eigenvalue weighted by atomic mass is 33.1. The molecule has 2 rings (SSSR count). The molecule has 0 aliphatic carbocycles. The van der Waals surface area contributed by atoms with E-state index in [0.717, 1.165) is 11.5 Å². The van der Waals surface area contributed by atoms with Crippen LogP contribution in [0.4, 0.5) is 4.79 Å². The number of hydrogen-bond acceptors (Lipinski definition) is 5. The summed E-state index contributed by atoms with van der Waals surface area (Å²) in [5, 5.41) is 0. The molecule has 0 N–H and O–H groups in total. The third-order valence-electron chi connectivity index (χ3n) is 1.46. The zero-order valence-corrected chi connectivity index (χ0v) is 6.74. The second-order valence-electron chi connectivity index (χ2n) is 2.13. The quantitative estimate of drug-likeness (QED) is 0.412. The molecule has 2 heterocycles. The Morgan fingerprint density at radius 3 is 2.20 bits per heavy atom. The number of fused-ring (bicyclic) bond motifs is 1. The number of hydrogen-bond donors (Lipinski definition) is 0. The molecule has 0 aromatic heterocycles. The van der Waals surface area contributed by atoms with Crippen LogP contribution in [0.15, 0.2) is 0 Å². The van der Waals surface area contributed by atoms with Crippen LogP contribution in [-0.4, -0.2) is 29.9 Å². The van der Waals surface area contributed by atoms with Crippen LogP contribution in [0.3, 0.4) is 0 Å². The van der Waals surface area contributed by atoms with Crippen LogP contribution in [0.1, 0.15) is 0 Å². The Morgan fingerprint density at radius 2 is 1.70 bits per heavy atom. The Labute approximate surface area is 66.2 Å². The second-order valence-corrected chi connectivity index (χ2v) is 4.68. The van der Waals surface area contributed by atoms with Crippen molar-refractivity contribution in [2.75, 3.05) is 11.5 Å². The first-order valence-corrected chi connectivity index (χ1v) is 5.47. The van der Waals surface area contributed by atoms with E-state index in [1.165, 1.54) is 0 Å². The van der Waals surface area contributed by atoms with Crippen molar-refractivity contribution in [3.63, 3.8) is 0 Å². The molecule has 2 fully saturated rings. The molecule has 0 aromatic rings. The maximum absolute atomic E-state index is 10.5.